The van der Waals surface area contributed by atoms with Gasteiger partial charge in [-0.05, 0) is 35.9 Å². The molecule has 0 spiro atoms. The van der Waals surface area contributed by atoms with Crippen LogP contribution in [0.1, 0.15) is 15.9 Å². The molecule has 20 heavy (non-hydrogen) atoms. The minimum absolute atomic E-state index is 0.120. The number of aromatic hydroxyl groups is 1. The lowest BCUT2D eigenvalue weighted by molar-refractivity contribution is 0.0782. The summed E-state index contributed by atoms with van der Waals surface area (Å²) in [6.07, 6.45) is 0. The van der Waals surface area contributed by atoms with E-state index in [1.54, 1.807) is 25.2 Å². The van der Waals surface area contributed by atoms with Gasteiger partial charge in [-0.25, -0.2) is 0 Å². The van der Waals surface area contributed by atoms with Gasteiger partial charge in [0.1, 0.15) is 5.75 Å². The van der Waals surface area contributed by atoms with Crippen LogP contribution in [0.3, 0.4) is 0 Å². The average molecular weight is 310 g/mol. The molecule has 0 bridgehead atoms. The van der Waals surface area contributed by atoms with Crippen LogP contribution in [0, 0.1) is 0 Å². The number of amides is 1. The molecule has 1 N–H and O–H groups in total. The maximum absolute atomic E-state index is 12.2. The van der Waals surface area contributed by atoms with Gasteiger partial charge < -0.3 is 10.0 Å². The van der Waals surface area contributed by atoms with E-state index in [1.165, 1.54) is 17.0 Å². The second kappa shape index (κ2) is 6.16. The van der Waals surface area contributed by atoms with Crippen LogP contribution < -0.4 is 0 Å². The molecule has 3 nitrogen and oxygen atoms in total. The third kappa shape index (κ3) is 3.44. The maximum atomic E-state index is 12.2. The maximum Gasteiger partial charge on any atom is 0.257 e. The van der Waals surface area contributed by atoms with Crippen LogP contribution in [-0.2, 0) is 6.54 Å². The Balaban J connectivity index is 2.14. The summed E-state index contributed by atoms with van der Waals surface area (Å²) in [6, 6.07) is 11.7. The normalized spacial score (nSPS) is 10.3. The van der Waals surface area contributed by atoms with Gasteiger partial charge >= 0.3 is 0 Å². The summed E-state index contributed by atoms with van der Waals surface area (Å²) in [4.78, 5) is 13.8. The fourth-order valence-electron chi connectivity index (χ4n) is 1.83. The van der Waals surface area contributed by atoms with E-state index in [9.17, 15) is 9.90 Å². The molecule has 0 fully saturated rings. The Morgan fingerprint density at radius 2 is 1.70 bits per heavy atom. The smallest absolute Gasteiger partial charge is 0.257 e. The lowest BCUT2D eigenvalue weighted by Gasteiger charge is -2.18. The molecule has 2 rings (SSSR count). The first-order chi connectivity index (χ1) is 9.47. The molecule has 1 amide bonds. The summed E-state index contributed by atoms with van der Waals surface area (Å²) < 4.78 is 0. The Labute approximate surface area is 127 Å². The molecule has 5 heteroatoms. The third-order valence-electron chi connectivity index (χ3n) is 2.87. The van der Waals surface area contributed by atoms with Crippen molar-refractivity contribution in [1.29, 1.82) is 0 Å². The van der Waals surface area contributed by atoms with Crippen molar-refractivity contribution in [3.05, 3.63) is 63.6 Å². The first-order valence-corrected chi connectivity index (χ1v) is 6.71. The van der Waals surface area contributed by atoms with Crippen molar-refractivity contribution in [3.63, 3.8) is 0 Å². The minimum atomic E-state index is -0.269. The molecule has 2 aromatic carbocycles. The first-order valence-electron chi connectivity index (χ1n) is 5.96. The highest BCUT2D eigenvalue weighted by Gasteiger charge is 2.16. The van der Waals surface area contributed by atoms with Crippen LogP contribution in [0.25, 0.3) is 0 Å². The van der Waals surface area contributed by atoms with Crippen molar-refractivity contribution in [2.75, 3.05) is 7.05 Å². The van der Waals surface area contributed by atoms with Gasteiger partial charge in [0.25, 0.3) is 5.91 Å². The van der Waals surface area contributed by atoms with E-state index in [1.807, 2.05) is 12.1 Å². The number of phenols is 1. The van der Waals surface area contributed by atoms with Crippen molar-refractivity contribution < 1.29 is 9.90 Å². The van der Waals surface area contributed by atoms with Gasteiger partial charge in [0, 0.05) is 23.6 Å². The SMILES string of the molecule is CN(Cc1ccc(Cl)cc1)C(=O)c1ccc(Cl)cc1O. The summed E-state index contributed by atoms with van der Waals surface area (Å²) in [6.45, 7) is 0.429. The quantitative estimate of drug-likeness (QED) is 0.932. The molecule has 0 radical (unpaired) electrons. The summed E-state index contributed by atoms with van der Waals surface area (Å²) in [5.74, 6) is -0.389. The highest BCUT2D eigenvalue weighted by Crippen LogP contribution is 2.23. The number of benzene rings is 2. The van der Waals surface area contributed by atoms with E-state index in [0.717, 1.165) is 5.56 Å². The zero-order chi connectivity index (χ0) is 14.7. The predicted molar refractivity (Wildman–Crippen MR) is 80.4 cm³/mol. The Bertz CT molecular complexity index is 626. The van der Waals surface area contributed by atoms with Crippen molar-refractivity contribution >= 4 is 29.1 Å². The van der Waals surface area contributed by atoms with E-state index >= 15 is 0 Å². The highest BCUT2D eigenvalue weighted by molar-refractivity contribution is 6.31. The van der Waals surface area contributed by atoms with Crippen LogP contribution in [0.15, 0.2) is 42.5 Å². The lowest BCUT2D eigenvalue weighted by atomic mass is 10.1. The van der Waals surface area contributed by atoms with Gasteiger partial charge in [-0.2, -0.15) is 0 Å². The minimum Gasteiger partial charge on any atom is -0.507 e. The molecule has 0 aliphatic carbocycles. The van der Waals surface area contributed by atoms with Crippen LogP contribution >= 0.6 is 23.2 Å². The van der Waals surface area contributed by atoms with Crippen LogP contribution in [-0.4, -0.2) is 23.0 Å². The van der Waals surface area contributed by atoms with E-state index < -0.39 is 0 Å². The molecular formula is C15H13Cl2NO2. The summed E-state index contributed by atoms with van der Waals surface area (Å²) in [5, 5.41) is 10.8. The zero-order valence-electron chi connectivity index (χ0n) is 10.8. The molecule has 0 saturated carbocycles. The van der Waals surface area contributed by atoms with E-state index in [4.69, 9.17) is 23.2 Å². The van der Waals surface area contributed by atoms with Gasteiger partial charge in [-0.1, -0.05) is 35.3 Å². The largest absolute Gasteiger partial charge is 0.507 e. The van der Waals surface area contributed by atoms with Gasteiger partial charge in [0.05, 0.1) is 5.56 Å². The number of rotatable bonds is 3. The Morgan fingerprint density at radius 1 is 1.10 bits per heavy atom. The van der Waals surface area contributed by atoms with Gasteiger partial charge in [-0.15, -0.1) is 0 Å². The Hall–Kier alpha value is -1.71. The Morgan fingerprint density at radius 3 is 2.30 bits per heavy atom. The lowest BCUT2D eigenvalue weighted by Crippen LogP contribution is -2.26. The van der Waals surface area contributed by atoms with Crippen LogP contribution in [0.2, 0.25) is 10.0 Å². The van der Waals surface area contributed by atoms with Crippen LogP contribution in [0.5, 0.6) is 5.75 Å². The summed E-state index contributed by atoms with van der Waals surface area (Å²) >= 11 is 11.6. The van der Waals surface area contributed by atoms with Crippen molar-refractivity contribution in [3.8, 4) is 5.75 Å². The molecule has 0 atom stereocenters. The summed E-state index contributed by atoms with van der Waals surface area (Å²) in [5.41, 5.74) is 1.18. The second-order valence-electron chi connectivity index (χ2n) is 4.45. The molecule has 0 aliphatic heterocycles. The highest BCUT2D eigenvalue weighted by atomic mass is 35.5. The molecule has 0 unspecified atom stereocenters. The molecule has 0 aromatic heterocycles. The number of hydrogen-bond acceptors (Lipinski definition) is 2. The van der Waals surface area contributed by atoms with Crippen LogP contribution in [0.4, 0.5) is 0 Å². The molecule has 0 saturated heterocycles. The van der Waals surface area contributed by atoms with Gasteiger partial charge in [-0.3, -0.25) is 4.79 Å². The van der Waals surface area contributed by atoms with Gasteiger partial charge in [0.15, 0.2) is 0 Å². The van der Waals surface area contributed by atoms with Crippen molar-refractivity contribution in [2.45, 2.75) is 6.54 Å². The molecule has 0 aliphatic rings. The molecule has 0 heterocycles. The van der Waals surface area contributed by atoms with E-state index in [0.29, 0.717) is 16.6 Å². The van der Waals surface area contributed by atoms with E-state index in [-0.39, 0.29) is 17.2 Å². The predicted octanol–water partition coefficient (Wildman–Crippen LogP) is 3.97. The zero-order valence-corrected chi connectivity index (χ0v) is 12.3. The van der Waals surface area contributed by atoms with Crippen molar-refractivity contribution in [1.82, 2.24) is 4.90 Å². The number of halogens is 2. The van der Waals surface area contributed by atoms with Crippen molar-refractivity contribution in [2.24, 2.45) is 0 Å². The number of phenolic OH excluding ortho intramolecular Hbond substituents is 1. The average Bonchev–Trinajstić information content (AvgIpc) is 2.40. The third-order valence-corrected chi connectivity index (χ3v) is 3.36. The number of hydrogen-bond donors (Lipinski definition) is 1. The molecule has 104 valence electrons. The Kier molecular flexibility index (Phi) is 4.53. The fraction of sp³-hybridized carbons (Fsp3) is 0.133. The molecular weight excluding hydrogens is 297 g/mol. The fourth-order valence-corrected chi connectivity index (χ4v) is 2.12. The number of carbonyl (C=O) groups is 1. The number of nitrogens with zero attached hydrogens (tertiary/aromatic N) is 1. The topological polar surface area (TPSA) is 40.5 Å². The number of carbonyl (C=O) groups excluding carboxylic acids is 1. The van der Waals surface area contributed by atoms with Gasteiger partial charge in [0.2, 0.25) is 0 Å². The van der Waals surface area contributed by atoms with E-state index in [2.05, 4.69) is 0 Å². The first kappa shape index (κ1) is 14.7. The monoisotopic (exact) mass is 309 g/mol. The standard InChI is InChI=1S/C15H13Cl2NO2/c1-18(9-10-2-4-11(16)5-3-10)15(20)13-7-6-12(17)8-14(13)19/h2-8,19H,9H2,1H3. The summed E-state index contributed by atoms with van der Waals surface area (Å²) in [7, 11) is 1.67. The molecule has 2 aromatic rings. The second-order valence-corrected chi connectivity index (χ2v) is 5.32.